The van der Waals surface area contributed by atoms with Crippen molar-refractivity contribution in [3.63, 3.8) is 0 Å². The van der Waals surface area contributed by atoms with Gasteiger partial charge in [-0.1, -0.05) is 6.07 Å². The average Bonchev–Trinajstić information content (AvgIpc) is 3.33. The van der Waals surface area contributed by atoms with Gasteiger partial charge in [-0.3, -0.25) is 19.3 Å². The largest absolute Gasteiger partial charge is 0.497 e. The van der Waals surface area contributed by atoms with E-state index in [1.54, 1.807) is 62.6 Å². The van der Waals surface area contributed by atoms with Crippen molar-refractivity contribution in [3.8, 4) is 11.4 Å². The molecule has 0 aliphatic carbocycles. The molecule has 2 heterocycles. The smallest absolute Gasteiger partial charge is 0.338 e. The minimum atomic E-state index is -0.529. The zero-order valence-corrected chi connectivity index (χ0v) is 22.3. The van der Waals surface area contributed by atoms with Gasteiger partial charge in [0.2, 0.25) is 5.91 Å². The number of methoxy groups -OCH3 is 1. The lowest BCUT2D eigenvalue weighted by molar-refractivity contribution is -0.127. The van der Waals surface area contributed by atoms with Gasteiger partial charge in [0.15, 0.2) is 0 Å². The van der Waals surface area contributed by atoms with Crippen molar-refractivity contribution in [3.05, 3.63) is 82.0 Å². The summed E-state index contributed by atoms with van der Waals surface area (Å²) in [5, 5.41) is 2.17. The number of amides is 3. The van der Waals surface area contributed by atoms with Crippen LogP contribution in [0, 0.1) is 13.8 Å². The van der Waals surface area contributed by atoms with Crippen molar-refractivity contribution < 1.29 is 28.7 Å². The van der Waals surface area contributed by atoms with Crippen molar-refractivity contribution in [1.82, 2.24) is 9.47 Å². The number of nitrogens with zero attached hydrogens (tertiary/aromatic N) is 2. The van der Waals surface area contributed by atoms with Gasteiger partial charge in [-0.2, -0.15) is 0 Å². The average molecular weight is 534 g/mol. The summed E-state index contributed by atoms with van der Waals surface area (Å²) in [7, 11) is 1.54. The van der Waals surface area contributed by atoms with Gasteiger partial charge in [-0.05, 0) is 92.7 Å². The molecule has 3 aromatic rings. The third kappa shape index (κ3) is 5.65. The van der Waals surface area contributed by atoms with Gasteiger partial charge in [-0.15, -0.1) is 0 Å². The molecule has 0 radical (unpaired) electrons. The Hall–Kier alpha value is -4.31. The Morgan fingerprint density at radius 3 is 2.47 bits per heavy atom. The Kier molecular flexibility index (Phi) is 8.02. The van der Waals surface area contributed by atoms with E-state index < -0.39 is 29.6 Å². The number of carbonyl (C=O) groups is 4. The molecule has 196 valence electrons. The van der Waals surface area contributed by atoms with Gasteiger partial charge in [0.05, 0.1) is 24.2 Å². The molecular formula is C28H27N3O6S. The topological polar surface area (TPSA) is 107 Å². The first-order chi connectivity index (χ1) is 18.2. The molecule has 4 rings (SSSR count). The van der Waals surface area contributed by atoms with E-state index in [1.165, 1.54) is 0 Å². The highest BCUT2D eigenvalue weighted by atomic mass is 32.2. The van der Waals surface area contributed by atoms with E-state index in [9.17, 15) is 19.2 Å². The summed E-state index contributed by atoms with van der Waals surface area (Å²) < 4.78 is 12.2. The summed E-state index contributed by atoms with van der Waals surface area (Å²) in [6.07, 6.45) is 1.65. The fourth-order valence-electron chi connectivity index (χ4n) is 4.11. The highest BCUT2D eigenvalue weighted by Gasteiger charge is 2.36. The number of benzene rings is 2. The molecule has 0 saturated carbocycles. The van der Waals surface area contributed by atoms with Gasteiger partial charge < -0.3 is 19.4 Å². The second kappa shape index (κ2) is 11.4. The summed E-state index contributed by atoms with van der Waals surface area (Å²) in [5.74, 6) is -0.774. The first-order valence-corrected chi connectivity index (χ1v) is 12.7. The van der Waals surface area contributed by atoms with E-state index in [0.717, 1.165) is 39.3 Å². The van der Waals surface area contributed by atoms with Crippen LogP contribution in [0.1, 0.15) is 34.2 Å². The van der Waals surface area contributed by atoms with Crippen LogP contribution in [0.5, 0.6) is 5.75 Å². The second-order valence-corrected chi connectivity index (χ2v) is 9.47. The Balaban J connectivity index is 1.51. The number of anilines is 1. The highest BCUT2D eigenvalue weighted by molar-refractivity contribution is 8.18. The van der Waals surface area contributed by atoms with Gasteiger partial charge in [-0.25, -0.2) is 4.79 Å². The quantitative estimate of drug-likeness (QED) is 0.322. The molecule has 9 nitrogen and oxygen atoms in total. The first-order valence-electron chi connectivity index (χ1n) is 11.9. The van der Waals surface area contributed by atoms with Gasteiger partial charge in [0.25, 0.3) is 11.1 Å². The van der Waals surface area contributed by atoms with Crippen molar-refractivity contribution in [2.24, 2.45) is 0 Å². The molecule has 0 unspecified atom stereocenters. The minimum absolute atomic E-state index is 0.229. The van der Waals surface area contributed by atoms with Crippen molar-refractivity contribution >= 4 is 46.5 Å². The number of imide groups is 1. The van der Waals surface area contributed by atoms with Crippen LogP contribution in [-0.2, 0) is 14.3 Å². The lowest BCUT2D eigenvalue weighted by Gasteiger charge is -2.12. The van der Waals surface area contributed by atoms with Crippen LogP contribution in [-0.4, -0.2) is 52.8 Å². The Morgan fingerprint density at radius 2 is 1.79 bits per heavy atom. The lowest BCUT2D eigenvalue weighted by atomic mass is 10.2. The molecule has 1 aliphatic rings. The normalized spacial score (nSPS) is 14.2. The monoisotopic (exact) mass is 533 g/mol. The predicted octanol–water partition coefficient (Wildman–Crippen LogP) is 4.95. The molecule has 0 spiro atoms. The zero-order chi connectivity index (χ0) is 27.4. The number of thioether (sulfide) groups is 1. The number of ether oxygens (including phenoxy) is 2. The van der Waals surface area contributed by atoms with E-state index in [-0.39, 0.29) is 11.5 Å². The first kappa shape index (κ1) is 26.7. The third-order valence-corrected chi connectivity index (χ3v) is 6.83. The molecule has 10 heteroatoms. The van der Waals surface area contributed by atoms with Crippen LogP contribution in [0.25, 0.3) is 11.8 Å². The number of hydrogen-bond acceptors (Lipinski definition) is 7. The number of nitrogens with one attached hydrogen (secondary N) is 1. The Bertz CT molecular complexity index is 1440. The van der Waals surface area contributed by atoms with Crippen LogP contribution in [0.4, 0.5) is 10.5 Å². The summed E-state index contributed by atoms with van der Waals surface area (Å²) in [4.78, 5) is 51.4. The summed E-state index contributed by atoms with van der Waals surface area (Å²) in [6, 6.07) is 15.7. The van der Waals surface area contributed by atoms with E-state index in [0.29, 0.717) is 17.0 Å². The Morgan fingerprint density at radius 1 is 1.05 bits per heavy atom. The molecule has 38 heavy (non-hydrogen) atoms. The molecular weight excluding hydrogens is 506 g/mol. The maximum atomic E-state index is 13.0. The second-order valence-electron chi connectivity index (χ2n) is 8.48. The molecule has 0 bridgehead atoms. The maximum Gasteiger partial charge on any atom is 0.338 e. The van der Waals surface area contributed by atoms with Crippen LogP contribution >= 0.6 is 11.8 Å². The van der Waals surface area contributed by atoms with Crippen molar-refractivity contribution in [2.45, 2.75) is 20.8 Å². The maximum absolute atomic E-state index is 13.0. The number of aromatic nitrogens is 1. The molecule has 1 saturated heterocycles. The van der Waals surface area contributed by atoms with Gasteiger partial charge in [0.1, 0.15) is 12.3 Å². The van der Waals surface area contributed by atoms with Gasteiger partial charge >= 0.3 is 5.97 Å². The van der Waals surface area contributed by atoms with E-state index >= 15 is 0 Å². The highest BCUT2D eigenvalue weighted by Crippen LogP contribution is 2.34. The minimum Gasteiger partial charge on any atom is -0.497 e. The predicted molar refractivity (Wildman–Crippen MR) is 146 cm³/mol. The molecule has 3 amide bonds. The third-order valence-electron chi connectivity index (χ3n) is 5.92. The van der Waals surface area contributed by atoms with E-state index in [1.807, 2.05) is 30.5 Å². The molecule has 2 aromatic carbocycles. The van der Waals surface area contributed by atoms with Crippen LogP contribution in [0.2, 0.25) is 0 Å². The molecule has 1 N–H and O–H groups in total. The number of carbonyl (C=O) groups excluding carboxylic acids is 4. The number of esters is 1. The standard InChI is InChI=1S/C28H27N3O6S/c1-5-37-27(34)19-7-6-8-22(14-19)31-17(2)13-20(18(31)3)15-24-26(33)30(28(35)38-24)16-25(32)29-21-9-11-23(36-4)12-10-21/h6-15H,5,16H2,1-4H3,(H,29,32)/b24-15-. The number of rotatable bonds is 8. The van der Waals surface area contributed by atoms with Crippen LogP contribution < -0.4 is 10.1 Å². The zero-order valence-electron chi connectivity index (χ0n) is 21.4. The lowest BCUT2D eigenvalue weighted by Crippen LogP contribution is -2.36. The number of hydrogen-bond donors (Lipinski definition) is 1. The SMILES string of the molecule is CCOC(=O)c1cccc(-n2c(C)cc(/C=C3\SC(=O)N(CC(=O)Nc4ccc(OC)cc4)C3=O)c2C)c1. The van der Waals surface area contributed by atoms with Crippen molar-refractivity contribution in [2.75, 3.05) is 25.6 Å². The van der Waals surface area contributed by atoms with Crippen LogP contribution in [0.3, 0.4) is 0 Å². The molecule has 1 aliphatic heterocycles. The molecule has 1 fully saturated rings. The fraction of sp³-hybridized carbons (Fsp3) is 0.214. The van der Waals surface area contributed by atoms with E-state index in [2.05, 4.69) is 5.32 Å². The Labute approximate surface area is 224 Å². The fourth-order valence-corrected chi connectivity index (χ4v) is 4.94. The molecule has 1 aromatic heterocycles. The summed E-state index contributed by atoms with van der Waals surface area (Å²) in [5.41, 5.74) is 4.19. The summed E-state index contributed by atoms with van der Waals surface area (Å²) in [6.45, 7) is 5.45. The van der Waals surface area contributed by atoms with E-state index in [4.69, 9.17) is 9.47 Å². The number of aryl methyl sites for hydroxylation is 1. The van der Waals surface area contributed by atoms with Crippen LogP contribution in [0.15, 0.2) is 59.5 Å². The molecule has 0 atom stereocenters. The van der Waals surface area contributed by atoms with Gasteiger partial charge in [0, 0.05) is 22.8 Å². The van der Waals surface area contributed by atoms with Crippen molar-refractivity contribution in [1.29, 1.82) is 0 Å². The summed E-state index contributed by atoms with van der Waals surface area (Å²) >= 11 is 0.793.